The van der Waals surface area contributed by atoms with Gasteiger partial charge in [0.25, 0.3) is 5.91 Å². The molecule has 2 atom stereocenters. The van der Waals surface area contributed by atoms with Gasteiger partial charge >= 0.3 is 0 Å². The van der Waals surface area contributed by atoms with Crippen molar-refractivity contribution in [2.75, 3.05) is 11.9 Å². The average Bonchev–Trinajstić information content (AvgIpc) is 3.22. The molecule has 2 unspecified atom stereocenters. The van der Waals surface area contributed by atoms with E-state index in [2.05, 4.69) is 40.1 Å². The molecule has 0 spiro atoms. The van der Waals surface area contributed by atoms with Crippen molar-refractivity contribution in [3.63, 3.8) is 0 Å². The van der Waals surface area contributed by atoms with Gasteiger partial charge in [0, 0.05) is 5.69 Å². The summed E-state index contributed by atoms with van der Waals surface area (Å²) in [7, 11) is 0. The summed E-state index contributed by atoms with van der Waals surface area (Å²) in [6.45, 7) is 1.81. The van der Waals surface area contributed by atoms with Gasteiger partial charge in [0.15, 0.2) is 0 Å². The summed E-state index contributed by atoms with van der Waals surface area (Å²) in [5, 5.41) is 12.4. The molecule has 7 nitrogen and oxygen atoms in total. The molecule has 2 aliphatic heterocycles. The molecular weight excluding hydrogens is 390 g/mol. The highest BCUT2D eigenvalue weighted by atomic mass is 16.2. The predicted octanol–water partition coefficient (Wildman–Crippen LogP) is 3.19. The first kappa shape index (κ1) is 19.3. The number of hydrazine groups is 1. The summed E-state index contributed by atoms with van der Waals surface area (Å²) in [5.41, 5.74) is 6.24. The smallest absolute Gasteiger partial charge is 0.267 e. The van der Waals surface area contributed by atoms with Gasteiger partial charge in [0.1, 0.15) is 18.9 Å². The SMILES string of the molecule is Cc1ccccc1NC(=O)CN1N=CN2NC(c3cccc4ccccc34)CC2C1=O. The lowest BCUT2D eigenvalue weighted by molar-refractivity contribution is -0.139. The first-order chi connectivity index (χ1) is 15.1. The molecule has 3 aromatic carbocycles. The van der Waals surface area contributed by atoms with Gasteiger partial charge in [-0.2, -0.15) is 5.10 Å². The third-order valence-electron chi connectivity index (χ3n) is 5.87. The van der Waals surface area contributed by atoms with E-state index in [1.165, 1.54) is 15.8 Å². The molecule has 2 N–H and O–H groups in total. The second-order valence-corrected chi connectivity index (χ2v) is 7.90. The van der Waals surface area contributed by atoms with Crippen LogP contribution in [-0.2, 0) is 9.59 Å². The number of carbonyl (C=O) groups is 2. The van der Waals surface area contributed by atoms with Gasteiger partial charge in [-0.05, 0) is 41.3 Å². The fraction of sp³-hybridized carbons (Fsp3) is 0.208. The lowest BCUT2D eigenvalue weighted by atomic mass is 9.96. The summed E-state index contributed by atoms with van der Waals surface area (Å²) in [5.74, 6) is -0.456. The maximum absolute atomic E-state index is 13.1. The third kappa shape index (κ3) is 3.64. The molecule has 0 bridgehead atoms. The van der Waals surface area contributed by atoms with Crippen molar-refractivity contribution in [1.29, 1.82) is 0 Å². The Hall–Kier alpha value is -3.71. The van der Waals surface area contributed by atoms with Gasteiger partial charge in [0.05, 0.1) is 6.04 Å². The van der Waals surface area contributed by atoms with E-state index in [9.17, 15) is 9.59 Å². The van der Waals surface area contributed by atoms with Crippen molar-refractivity contribution < 1.29 is 9.59 Å². The molecule has 0 aliphatic carbocycles. The minimum absolute atomic E-state index is 0.00718. The highest BCUT2D eigenvalue weighted by Gasteiger charge is 2.41. The number of fused-ring (bicyclic) bond motifs is 2. The molecule has 3 aromatic rings. The van der Waals surface area contributed by atoms with E-state index in [-0.39, 0.29) is 24.4 Å². The average molecular weight is 413 g/mol. The number of carbonyl (C=O) groups excluding carboxylic acids is 2. The second kappa shape index (κ2) is 7.85. The lowest BCUT2D eigenvalue weighted by Gasteiger charge is -2.29. The van der Waals surface area contributed by atoms with E-state index in [0.717, 1.165) is 16.8 Å². The predicted molar refractivity (Wildman–Crippen MR) is 120 cm³/mol. The lowest BCUT2D eigenvalue weighted by Crippen LogP contribution is -2.52. The van der Waals surface area contributed by atoms with E-state index >= 15 is 0 Å². The van der Waals surface area contributed by atoms with Crippen LogP contribution in [0.3, 0.4) is 0 Å². The number of amides is 2. The molecule has 1 saturated heterocycles. The van der Waals surface area contributed by atoms with Gasteiger partial charge in [-0.25, -0.2) is 10.4 Å². The highest BCUT2D eigenvalue weighted by molar-refractivity contribution is 5.97. The van der Waals surface area contributed by atoms with Crippen LogP contribution < -0.4 is 10.7 Å². The molecule has 2 amide bonds. The summed E-state index contributed by atoms with van der Waals surface area (Å²) in [6, 6.07) is 21.6. The fourth-order valence-electron chi connectivity index (χ4n) is 4.25. The van der Waals surface area contributed by atoms with E-state index < -0.39 is 6.04 Å². The molecule has 156 valence electrons. The number of rotatable bonds is 4. The molecule has 0 aromatic heterocycles. The van der Waals surface area contributed by atoms with Gasteiger partial charge in [0.2, 0.25) is 5.91 Å². The maximum atomic E-state index is 13.1. The quantitative estimate of drug-likeness (QED) is 0.689. The first-order valence-corrected chi connectivity index (χ1v) is 10.3. The number of hydrazone groups is 1. The molecule has 0 saturated carbocycles. The van der Waals surface area contributed by atoms with Crippen LogP contribution in [0.2, 0.25) is 0 Å². The van der Waals surface area contributed by atoms with Crippen molar-refractivity contribution in [2.45, 2.75) is 25.4 Å². The molecule has 31 heavy (non-hydrogen) atoms. The van der Waals surface area contributed by atoms with Crippen LogP contribution in [0.1, 0.15) is 23.6 Å². The summed E-state index contributed by atoms with van der Waals surface area (Å²) in [4.78, 5) is 25.5. The van der Waals surface area contributed by atoms with Crippen molar-refractivity contribution in [2.24, 2.45) is 5.10 Å². The van der Waals surface area contributed by atoms with Crippen LogP contribution in [0.25, 0.3) is 10.8 Å². The summed E-state index contributed by atoms with van der Waals surface area (Å²) in [6.07, 6.45) is 2.20. The van der Waals surface area contributed by atoms with Crippen molar-refractivity contribution in [3.8, 4) is 0 Å². The van der Waals surface area contributed by atoms with Gasteiger partial charge in [-0.3, -0.25) is 14.6 Å². The Morgan fingerprint density at radius 2 is 1.87 bits per heavy atom. The van der Waals surface area contributed by atoms with Gasteiger partial charge < -0.3 is 5.32 Å². The number of nitrogens with one attached hydrogen (secondary N) is 2. The Labute approximate surface area is 180 Å². The van der Waals surface area contributed by atoms with E-state index in [1.54, 1.807) is 11.3 Å². The van der Waals surface area contributed by atoms with Crippen LogP contribution in [0.15, 0.2) is 71.8 Å². The van der Waals surface area contributed by atoms with E-state index in [1.807, 2.05) is 49.4 Å². The Balaban J connectivity index is 1.29. The van der Waals surface area contributed by atoms with Crippen molar-refractivity contribution >= 4 is 34.6 Å². The Morgan fingerprint density at radius 3 is 2.74 bits per heavy atom. The second-order valence-electron chi connectivity index (χ2n) is 7.90. The van der Waals surface area contributed by atoms with E-state index in [0.29, 0.717) is 6.42 Å². The van der Waals surface area contributed by atoms with Crippen LogP contribution in [0, 0.1) is 6.92 Å². The molecule has 5 rings (SSSR count). The molecule has 2 heterocycles. The maximum Gasteiger partial charge on any atom is 0.267 e. The number of aryl methyl sites for hydroxylation is 1. The number of para-hydroxylation sites is 1. The molecule has 7 heteroatoms. The van der Waals surface area contributed by atoms with Crippen LogP contribution >= 0.6 is 0 Å². The Kier molecular flexibility index (Phi) is 4.88. The zero-order valence-electron chi connectivity index (χ0n) is 17.2. The number of hydrogen-bond acceptors (Lipinski definition) is 5. The first-order valence-electron chi connectivity index (χ1n) is 10.3. The number of benzene rings is 3. The zero-order valence-corrected chi connectivity index (χ0v) is 17.2. The minimum Gasteiger partial charge on any atom is -0.324 e. The summed E-state index contributed by atoms with van der Waals surface area (Å²) >= 11 is 0. The molecule has 2 aliphatic rings. The number of hydrogen-bond donors (Lipinski definition) is 2. The standard InChI is InChI=1S/C24H23N5O2/c1-16-7-2-5-12-20(16)26-23(30)14-28-24(31)22-13-21(27-29(22)15-25-28)19-11-6-9-17-8-3-4-10-18(17)19/h2-12,15,21-22,27H,13-14H2,1H3,(H,26,30). The summed E-state index contributed by atoms with van der Waals surface area (Å²) < 4.78 is 0. The molecule has 0 radical (unpaired) electrons. The highest BCUT2D eigenvalue weighted by Crippen LogP contribution is 2.33. The van der Waals surface area contributed by atoms with Crippen LogP contribution in [0.5, 0.6) is 0 Å². The fourth-order valence-corrected chi connectivity index (χ4v) is 4.25. The van der Waals surface area contributed by atoms with Gasteiger partial charge in [-0.15, -0.1) is 0 Å². The van der Waals surface area contributed by atoms with Crippen molar-refractivity contribution in [1.82, 2.24) is 15.4 Å². The van der Waals surface area contributed by atoms with E-state index in [4.69, 9.17) is 0 Å². The number of anilines is 1. The normalized spacial score (nSPS) is 20.2. The third-order valence-corrected chi connectivity index (χ3v) is 5.87. The zero-order chi connectivity index (χ0) is 21.4. The van der Waals surface area contributed by atoms with Gasteiger partial charge in [-0.1, -0.05) is 60.7 Å². The topological polar surface area (TPSA) is 77.0 Å². The van der Waals surface area contributed by atoms with Crippen molar-refractivity contribution in [3.05, 3.63) is 77.9 Å². The molecular formula is C24H23N5O2. The number of nitrogens with zero attached hydrogens (tertiary/aromatic N) is 3. The monoisotopic (exact) mass is 413 g/mol. The van der Waals surface area contributed by atoms with Crippen LogP contribution in [-0.4, -0.2) is 40.8 Å². The van der Waals surface area contributed by atoms with Crippen LogP contribution in [0.4, 0.5) is 5.69 Å². The largest absolute Gasteiger partial charge is 0.324 e. The Bertz CT molecular complexity index is 1190. The molecule has 1 fully saturated rings. The Morgan fingerprint density at radius 1 is 1.10 bits per heavy atom. The minimum atomic E-state index is -0.396.